The van der Waals surface area contributed by atoms with E-state index >= 15 is 0 Å². The van der Waals surface area contributed by atoms with E-state index in [-0.39, 0.29) is 11.5 Å². The molecule has 0 fully saturated rings. The number of hydrogen-bond acceptors (Lipinski definition) is 5. The largest absolute Gasteiger partial charge is 0.508 e. The second kappa shape index (κ2) is 6.68. The van der Waals surface area contributed by atoms with E-state index < -0.39 is 5.54 Å². The summed E-state index contributed by atoms with van der Waals surface area (Å²) in [5.74, 6) is -0.0429. The first-order valence-corrected chi connectivity index (χ1v) is 7.68. The number of nitrogens with zero attached hydrogens (tertiary/aromatic N) is 2. The van der Waals surface area contributed by atoms with E-state index in [4.69, 9.17) is 5.73 Å². The summed E-state index contributed by atoms with van der Waals surface area (Å²) >= 11 is 0. The van der Waals surface area contributed by atoms with E-state index in [1.807, 2.05) is 36.4 Å². The number of pyridine rings is 2. The molecule has 5 heteroatoms. The predicted molar refractivity (Wildman–Crippen MR) is 91.5 cm³/mol. The summed E-state index contributed by atoms with van der Waals surface area (Å²) < 4.78 is 0. The minimum atomic E-state index is -0.902. The van der Waals surface area contributed by atoms with Gasteiger partial charge in [-0.3, -0.25) is 9.97 Å². The Morgan fingerprint density at radius 2 is 1.42 bits per heavy atom. The molecule has 0 atom stereocenters. The highest BCUT2D eigenvalue weighted by molar-refractivity contribution is 5.44. The maximum Gasteiger partial charge on any atom is 0.124 e. The van der Waals surface area contributed by atoms with Crippen LogP contribution in [-0.4, -0.2) is 20.2 Å². The fourth-order valence-electron chi connectivity index (χ4n) is 2.85. The van der Waals surface area contributed by atoms with E-state index in [1.54, 1.807) is 18.5 Å². The Balaban J connectivity index is 2.02. The quantitative estimate of drug-likeness (QED) is 0.671. The minimum Gasteiger partial charge on any atom is -0.508 e. The summed E-state index contributed by atoms with van der Waals surface area (Å²) in [7, 11) is 0. The van der Waals surface area contributed by atoms with Gasteiger partial charge in [0, 0.05) is 48.3 Å². The highest BCUT2D eigenvalue weighted by atomic mass is 16.3. The molecule has 5 nitrogen and oxygen atoms in total. The zero-order chi connectivity index (χ0) is 17.0. The van der Waals surface area contributed by atoms with Crippen molar-refractivity contribution in [2.75, 3.05) is 0 Å². The number of aromatic hydroxyl groups is 2. The van der Waals surface area contributed by atoms with Crippen molar-refractivity contribution in [1.82, 2.24) is 9.97 Å². The lowest BCUT2D eigenvalue weighted by molar-refractivity contribution is 0.387. The molecule has 0 saturated carbocycles. The van der Waals surface area contributed by atoms with Crippen molar-refractivity contribution < 1.29 is 10.2 Å². The number of phenolic OH excluding ortho intramolecular Hbond substituents is 2. The van der Waals surface area contributed by atoms with Gasteiger partial charge < -0.3 is 15.9 Å². The summed E-state index contributed by atoms with van der Waals surface area (Å²) in [4.78, 5) is 8.69. The van der Waals surface area contributed by atoms with Crippen LogP contribution in [0, 0.1) is 0 Å². The van der Waals surface area contributed by atoms with Crippen molar-refractivity contribution in [1.29, 1.82) is 0 Å². The molecule has 2 aromatic heterocycles. The third-order valence-corrected chi connectivity index (χ3v) is 3.96. The summed E-state index contributed by atoms with van der Waals surface area (Å²) in [5, 5.41) is 19.9. The van der Waals surface area contributed by atoms with Crippen molar-refractivity contribution in [3.8, 4) is 11.5 Å². The lowest BCUT2D eigenvalue weighted by Crippen LogP contribution is -2.42. The second-order valence-electron chi connectivity index (χ2n) is 5.85. The van der Waals surface area contributed by atoms with Gasteiger partial charge in [-0.1, -0.05) is 12.1 Å². The minimum absolute atomic E-state index is 0.00530. The molecule has 3 aromatic rings. The first kappa shape index (κ1) is 16.0. The van der Waals surface area contributed by atoms with Crippen LogP contribution in [-0.2, 0) is 18.4 Å². The van der Waals surface area contributed by atoms with Crippen LogP contribution in [0.3, 0.4) is 0 Å². The van der Waals surface area contributed by atoms with Gasteiger partial charge in [0.05, 0.1) is 5.54 Å². The fourth-order valence-corrected chi connectivity index (χ4v) is 2.85. The number of rotatable bonds is 5. The van der Waals surface area contributed by atoms with Gasteiger partial charge in [-0.2, -0.15) is 0 Å². The summed E-state index contributed by atoms with van der Waals surface area (Å²) in [6.07, 6.45) is 4.30. The van der Waals surface area contributed by atoms with Crippen molar-refractivity contribution in [2.24, 2.45) is 5.73 Å². The van der Waals surface area contributed by atoms with E-state index in [0.717, 1.165) is 11.4 Å². The highest BCUT2D eigenvalue weighted by Crippen LogP contribution is 2.34. The first-order chi connectivity index (χ1) is 11.6. The SMILES string of the molecule is NC(Cc1ccccn1)(Cc1ccccn1)c1ccc(O)cc1O. The maximum absolute atomic E-state index is 10.3. The smallest absolute Gasteiger partial charge is 0.124 e. The topological polar surface area (TPSA) is 92.3 Å². The van der Waals surface area contributed by atoms with Gasteiger partial charge >= 0.3 is 0 Å². The Hall–Kier alpha value is -2.92. The van der Waals surface area contributed by atoms with Crippen molar-refractivity contribution in [3.63, 3.8) is 0 Å². The second-order valence-corrected chi connectivity index (χ2v) is 5.85. The Morgan fingerprint density at radius 3 is 1.88 bits per heavy atom. The van der Waals surface area contributed by atoms with Crippen molar-refractivity contribution in [3.05, 3.63) is 83.9 Å². The zero-order valence-electron chi connectivity index (χ0n) is 13.1. The van der Waals surface area contributed by atoms with Crippen LogP contribution < -0.4 is 5.73 Å². The van der Waals surface area contributed by atoms with Crippen molar-refractivity contribution in [2.45, 2.75) is 18.4 Å². The Labute approximate surface area is 140 Å². The molecule has 24 heavy (non-hydrogen) atoms. The van der Waals surface area contributed by atoms with Gasteiger partial charge in [-0.15, -0.1) is 0 Å². The molecule has 0 aliphatic carbocycles. The molecule has 0 aliphatic heterocycles. The third-order valence-electron chi connectivity index (χ3n) is 3.96. The standard InChI is InChI=1S/C19H19N3O2/c20-19(12-14-5-1-3-9-21-14,13-15-6-2-4-10-22-15)17-8-7-16(23)11-18(17)24/h1-11,23-24H,12-13,20H2. The van der Waals surface area contributed by atoms with Crippen LogP contribution in [0.5, 0.6) is 11.5 Å². The van der Waals surface area contributed by atoms with Crippen LogP contribution in [0.1, 0.15) is 17.0 Å². The summed E-state index contributed by atoms with van der Waals surface area (Å²) in [5.41, 5.74) is 8.01. The molecular weight excluding hydrogens is 302 g/mol. The number of benzene rings is 1. The number of hydrogen-bond donors (Lipinski definition) is 3. The van der Waals surface area contributed by atoms with E-state index in [9.17, 15) is 10.2 Å². The van der Waals surface area contributed by atoms with Crippen LogP contribution in [0.25, 0.3) is 0 Å². The van der Waals surface area contributed by atoms with E-state index in [0.29, 0.717) is 18.4 Å². The van der Waals surface area contributed by atoms with Gasteiger partial charge in [0.15, 0.2) is 0 Å². The van der Waals surface area contributed by atoms with Crippen LogP contribution >= 0.6 is 0 Å². The molecule has 2 heterocycles. The summed E-state index contributed by atoms with van der Waals surface area (Å²) in [6, 6.07) is 15.8. The Morgan fingerprint density at radius 1 is 0.833 bits per heavy atom. The average molecular weight is 321 g/mol. The van der Waals surface area contributed by atoms with Crippen LogP contribution in [0.15, 0.2) is 67.0 Å². The normalized spacial score (nSPS) is 11.4. The molecule has 0 amide bonds. The average Bonchev–Trinajstić information content (AvgIpc) is 2.56. The lowest BCUT2D eigenvalue weighted by atomic mass is 9.81. The molecule has 0 saturated heterocycles. The molecule has 0 aliphatic rings. The predicted octanol–water partition coefficient (Wildman–Crippen LogP) is 2.53. The summed E-state index contributed by atoms with van der Waals surface area (Å²) in [6.45, 7) is 0. The molecule has 0 bridgehead atoms. The van der Waals surface area contributed by atoms with Crippen molar-refractivity contribution >= 4 is 0 Å². The Bertz CT molecular complexity index is 766. The lowest BCUT2D eigenvalue weighted by Gasteiger charge is -2.30. The van der Waals surface area contributed by atoms with Crippen LogP contribution in [0.2, 0.25) is 0 Å². The third kappa shape index (κ3) is 3.52. The molecule has 0 unspecified atom stereocenters. The van der Waals surface area contributed by atoms with Gasteiger partial charge in [-0.25, -0.2) is 0 Å². The fraction of sp³-hybridized carbons (Fsp3) is 0.158. The van der Waals surface area contributed by atoms with Gasteiger partial charge in [0.2, 0.25) is 0 Å². The molecule has 0 radical (unpaired) electrons. The van der Waals surface area contributed by atoms with Gasteiger partial charge in [-0.05, 0) is 36.4 Å². The van der Waals surface area contributed by atoms with E-state index in [2.05, 4.69) is 9.97 Å². The van der Waals surface area contributed by atoms with Crippen LogP contribution in [0.4, 0.5) is 0 Å². The first-order valence-electron chi connectivity index (χ1n) is 7.68. The zero-order valence-corrected chi connectivity index (χ0v) is 13.1. The maximum atomic E-state index is 10.3. The number of nitrogens with two attached hydrogens (primary N) is 1. The molecule has 4 N–H and O–H groups in total. The number of aromatic nitrogens is 2. The highest BCUT2D eigenvalue weighted by Gasteiger charge is 2.32. The molecular formula is C19H19N3O2. The molecule has 0 spiro atoms. The Kier molecular flexibility index (Phi) is 4.44. The van der Waals surface area contributed by atoms with Gasteiger partial charge in [0.25, 0.3) is 0 Å². The molecule has 122 valence electrons. The number of phenols is 2. The monoisotopic (exact) mass is 321 g/mol. The molecule has 1 aromatic carbocycles. The molecule has 3 rings (SSSR count). The van der Waals surface area contributed by atoms with E-state index in [1.165, 1.54) is 12.1 Å². The van der Waals surface area contributed by atoms with Gasteiger partial charge in [0.1, 0.15) is 11.5 Å².